The second kappa shape index (κ2) is 9.21. The topological polar surface area (TPSA) is 102 Å². The Bertz CT molecular complexity index is 971. The number of cyclic esters (lactones) is 1. The number of esters is 2. The average Bonchev–Trinajstić information content (AvgIpc) is 2.75. The fourth-order valence-corrected chi connectivity index (χ4v) is 2.97. The number of carbonyl (C=O) groups excluding carboxylic acids is 4. The molecular formula is C22H22N2O6. The number of amides is 2. The van der Waals surface area contributed by atoms with Gasteiger partial charge in [-0.25, -0.2) is 9.59 Å². The molecule has 1 aliphatic heterocycles. The number of rotatable bonds is 6. The molecule has 3 rings (SSSR count). The Kier molecular flexibility index (Phi) is 6.46. The minimum absolute atomic E-state index is 0.175. The largest absolute Gasteiger partial charge is 0.454 e. The van der Waals surface area contributed by atoms with E-state index in [-0.39, 0.29) is 18.0 Å². The number of fused-ring (bicyclic) bond motifs is 1. The molecule has 2 aromatic carbocycles. The lowest BCUT2D eigenvalue weighted by Crippen LogP contribution is -2.38. The highest BCUT2D eigenvalue weighted by Gasteiger charge is 2.28. The molecule has 0 fully saturated rings. The maximum Gasteiger partial charge on any atom is 0.339 e. The zero-order valence-electron chi connectivity index (χ0n) is 16.7. The highest BCUT2D eigenvalue weighted by molar-refractivity contribution is 5.96. The van der Waals surface area contributed by atoms with Crippen molar-refractivity contribution in [3.8, 4) is 0 Å². The van der Waals surface area contributed by atoms with Crippen LogP contribution in [0.1, 0.15) is 37.9 Å². The SMILES string of the molecule is CN(C)C(=O)CNC(=O)COC(=O)c1ccc2c(c1)C[C@@H](c1ccccc1)OC2=O. The first-order valence-electron chi connectivity index (χ1n) is 9.38. The van der Waals surface area contributed by atoms with Crippen molar-refractivity contribution < 1.29 is 28.7 Å². The molecule has 0 bridgehead atoms. The van der Waals surface area contributed by atoms with Crippen molar-refractivity contribution in [2.24, 2.45) is 0 Å². The van der Waals surface area contributed by atoms with Crippen LogP contribution in [0.3, 0.4) is 0 Å². The van der Waals surface area contributed by atoms with E-state index in [4.69, 9.17) is 9.47 Å². The molecule has 0 aromatic heterocycles. The number of carbonyl (C=O) groups is 4. The first-order chi connectivity index (χ1) is 14.3. The van der Waals surface area contributed by atoms with Crippen molar-refractivity contribution in [3.63, 3.8) is 0 Å². The molecule has 1 aliphatic rings. The van der Waals surface area contributed by atoms with Gasteiger partial charge in [0.05, 0.1) is 17.7 Å². The monoisotopic (exact) mass is 410 g/mol. The molecule has 0 saturated heterocycles. The molecule has 1 N–H and O–H groups in total. The fraction of sp³-hybridized carbons (Fsp3) is 0.273. The van der Waals surface area contributed by atoms with Crippen LogP contribution in [-0.4, -0.2) is 55.9 Å². The van der Waals surface area contributed by atoms with E-state index in [0.717, 1.165) is 5.56 Å². The first kappa shape index (κ1) is 21.0. The maximum absolute atomic E-state index is 12.3. The Morgan fingerprint density at radius 1 is 1.13 bits per heavy atom. The predicted molar refractivity (Wildman–Crippen MR) is 107 cm³/mol. The number of benzene rings is 2. The van der Waals surface area contributed by atoms with Crippen molar-refractivity contribution in [2.45, 2.75) is 12.5 Å². The average molecular weight is 410 g/mol. The van der Waals surface area contributed by atoms with Crippen LogP contribution >= 0.6 is 0 Å². The molecule has 1 atom stereocenters. The van der Waals surface area contributed by atoms with Gasteiger partial charge in [-0.3, -0.25) is 9.59 Å². The number of nitrogens with zero attached hydrogens (tertiary/aromatic N) is 1. The van der Waals surface area contributed by atoms with Crippen molar-refractivity contribution >= 4 is 23.8 Å². The molecule has 156 valence electrons. The lowest BCUT2D eigenvalue weighted by Gasteiger charge is -2.25. The van der Waals surface area contributed by atoms with Gasteiger partial charge in [-0.15, -0.1) is 0 Å². The molecule has 2 aromatic rings. The summed E-state index contributed by atoms with van der Waals surface area (Å²) in [6, 6.07) is 13.9. The smallest absolute Gasteiger partial charge is 0.339 e. The van der Waals surface area contributed by atoms with Gasteiger partial charge < -0.3 is 19.7 Å². The van der Waals surface area contributed by atoms with Crippen LogP contribution in [0.4, 0.5) is 0 Å². The molecule has 0 unspecified atom stereocenters. The summed E-state index contributed by atoms with van der Waals surface area (Å²) in [5.41, 5.74) is 2.18. The summed E-state index contributed by atoms with van der Waals surface area (Å²) in [6.07, 6.45) is -0.00299. The summed E-state index contributed by atoms with van der Waals surface area (Å²) >= 11 is 0. The first-order valence-corrected chi connectivity index (χ1v) is 9.38. The molecule has 0 spiro atoms. The Balaban J connectivity index is 1.63. The van der Waals surface area contributed by atoms with Crippen LogP contribution in [0.15, 0.2) is 48.5 Å². The Hall–Kier alpha value is -3.68. The number of ether oxygens (including phenoxy) is 2. The second-order valence-electron chi connectivity index (χ2n) is 7.02. The third-order valence-electron chi connectivity index (χ3n) is 4.66. The van der Waals surface area contributed by atoms with Crippen molar-refractivity contribution in [1.82, 2.24) is 10.2 Å². The molecule has 30 heavy (non-hydrogen) atoms. The Morgan fingerprint density at radius 3 is 2.57 bits per heavy atom. The third-order valence-corrected chi connectivity index (χ3v) is 4.66. The van der Waals surface area contributed by atoms with Crippen LogP contribution in [0.5, 0.6) is 0 Å². The van der Waals surface area contributed by atoms with E-state index in [2.05, 4.69) is 5.32 Å². The van der Waals surface area contributed by atoms with Gasteiger partial charge in [0.15, 0.2) is 6.61 Å². The highest BCUT2D eigenvalue weighted by Crippen LogP contribution is 2.31. The van der Waals surface area contributed by atoms with Gasteiger partial charge in [0.1, 0.15) is 6.10 Å². The van der Waals surface area contributed by atoms with Crippen molar-refractivity contribution in [2.75, 3.05) is 27.2 Å². The quantitative estimate of drug-likeness (QED) is 0.724. The zero-order valence-corrected chi connectivity index (χ0v) is 16.7. The summed E-state index contributed by atoms with van der Waals surface area (Å²) < 4.78 is 10.5. The van der Waals surface area contributed by atoms with Gasteiger partial charge in [-0.1, -0.05) is 30.3 Å². The molecule has 0 aliphatic carbocycles. The van der Waals surface area contributed by atoms with E-state index in [1.807, 2.05) is 30.3 Å². The van der Waals surface area contributed by atoms with Gasteiger partial charge in [-0.05, 0) is 29.3 Å². The number of hydrogen-bond donors (Lipinski definition) is 1. The van der Waals surface area contributed by atoms with Gasteiger partial charge in [0.2, 0.25) is 5.91 Å². The summed E-state index contributed by atoms with van der Waals surface area (Å²) in [5, 5.41) is 2.38. The van der Waals surface area contributed by atoms with Gasteiger partial charge in [0.25, 0.3) is 5.91 Å². The van der Waals surface area contributed by atoms with E-state index in [9.17, 15) is 19.2 Å². The summed E-state index contributed by atoms with van der Waals surface area (Å²) in [5.74, 6) is -1.99. The van der Waals surface area contributed by atoms with Gasteiger partial charge in [0, 0.05) is 20.5 Å². The third kappa shape index (κ3) is 5.02. The fourth-order valence-electron chi connectivity index (χ4n) is 2.97. The molecule has 8 nitrogen and oxygen atoms in total. The van der Waals surface area contributed by atoms with E-state index >= 15 is 0 Å². The minimum atomic E-state index is -0.693. The van der Waals surface area contributed by atoms with E-state index in [0.29, 0.717) is 17.5 Å². The van der Waals surface area contributed by atoms with Crippen molar-refractivity contribution in [1.29, 1.82) is 0 Å². The molecule has 1 heterocycles. The zero-order chi connectivity index (χ0) is 21.7. The standard InChI is InChI=1S/C22H22N2O6/c1-24(2)20(26)12-23-19(25)13-29-21(27)15-8-9-17-16(10-15)11-18(30-22(17)28)14-6-4-3-5-7-14/h3-10,18H,11-13H2,1-2H3,(H,23,25)/t18-/m0/s1. The summed E-state index contributed by atoms with van der Waals surface area (Å²) in [6.45, 7) is -0.684. The van der Waals surface area contributed by atoms with E-state index in [1.54, 1.807) is 20.2 Å². The minimum Gasteiger partial charge on any atom is -0.454 e. The van der Waals surface area contributed by atoms with Gasteiger partial charge >= 0.3 is 11.9 Å². The number of likely N-dealkylation sites (N-methyl/N-ethyl adjacent to an activating group) is 1. The molecule has 0 saturated carbocycles. The Morgan fingerprint density at radius 2 is 1.87 bits per heavy atom. The van der Waals surface area contributed by atoms with Crippen LogP contribution in [0.25, 0.3) is 0 Å². The number of hydrogen-bond acceptors (Lipinski definition) is 6. The molecular weight excluding hydrogens is 388 g/mol. The normalized spacial score (nSPS) is 14.9. The molecule has 8 heteroatoms. The summed E-state index contributed by atoms with van der Waals surface area (Å²) in [4.78, 5) is 49.2. The Labute approximate surface area is 173 Å². The lowest BCUT2D eigenvalue weighted by molar-refractivity contribution is -0.131. The maximum atomic E-state index is 12.3. The predicted octanol–water partition coefficient (Wildman–Crippen LogP) is 1.50. The van der Waals surface area contributed by atoms with Crippen LogP contribution < -0.4 is 5.32 Å². The van der Waals surface area contributed by atoms with Crippen LogP contribution in [0, 0.1) is 0 Å². The highest BCUT2D eigenvalue weighted by atomic mass is 16.5. The van der Waals surface area contributed by atoms with E-state index in [1.165, 1.54) is 17.0 Å². The molecule has 0 radical (unpaired) electrons. The van der Waals surface area contributed by atoms with Crippen LogP contribution in [0.2, 0.25) is 0 Å². The van der Waals surface area contributed by atoms with Gasteiger partial charge in [-0.2, -0.15) is 0 Å². The summed E-state index contributed by atoms with van der Waals surface area (Å²) in [7, 11) is 3.14. The molecule has 2 amide bonds. The van der Waals surface area contributed by atoms with E-state index < -0.39 is 30.6 Å². The second-order valence-corrected chi connectivity index (χ2v) is 7.02. The van der Waals surface area contributed by atoms with Crippen molar-refractivity contribution in [3.05, 3.63) is 70.8 Å². The lowest BCUT2D eigenvalue weighted by atomic mass is 9.93. The van der Waals surface area contributed by atoms with Crippen LogP contribution in [-0.2, 0) is 25.5 Å². The number of nitrogens with one attached hydrogen (secondary N) is 1.